The number of rotatable bonds is 2. The van der Waals surface area contributed by atoms with Gasteiger partial charge in [0.2, 0.25) is 0 Å². The Morgan fingerprint density at radius 1 is 1.40 bits per heavy atom. The van der Waals surface area contributed by atoms with Crippen LogP contribution in [0.5, 0.6) is 0 Å². The van der Waals surface area contributed by atoms with Gasteiger partial charge < -0.3 is 4.42 Å². The van der Waals surface area contributed by atoms with Gasteiger partial charge in [0.05, 0.1) is 5.52 Å². The van der Waals surface area contributed by atoms with E-state index in [-0.39, 0.29) is 5.76 Å². The lowest BCUT2D eigenvalue weighted by Crippen LogP contribution is -2.11. The normalized spacial score (nSPS) is 11.5. The molecular weight excluding hydrogens is 190 g/mol. The molecule has 1 aromatic heterocycles. The van der Waals surface area contributed by atoms with Crippen LogP contribution in [0.1, 0.15) is 32.3 Å². The van der Waals surface area contributed by atoms with Crippen LogP contribution in [-0.4, -0.2) is 4.57 Å². The Morgan fingerprint density at radius 2 is 2.13 bits per heavy atom. The van der Waals surface area contributed by atoms with Gasteiger partial charge in [-0.25, -0.2) is 4.79 Å². The highest BCUT2D eigenvalue weighted by atomic mass is 16.4. The van der Waals surface area contributed by atoms with E-state index in [0.29, 0.717) is 12.5 Å². The predicted molar refractivity (Wildman–Crippen MR) is 60.2 cm³/mol. The van der Waals surface area contributed by atoms with Crippen molar-refractivity contribution in [2.75, 3.05) is 0 Å². The molecule has 0 atom stereocenters. The van der Waals surface area contributed by atoms with Crippen LogP contribution in [0.3, 0.4) is 0 Å². The Labute approximate surface area is 88.3 Å². The number of oxazole rings is 1. The third-order valence-corrected chi connectivity index (χ3v) is 2.66. The van der Waals surface area contributed by atoms with Gasteiger partial charge in [-0.1, -0.05) is 26.0 Å². The Morgan fingerprint density at radius 3 is 2.73 bits per heavy atom. The molecule has 3 heteroatoms. The first-order valence-corrected chi connectivity index (χ1v) is 5.27. The fourth-order valence-corrected chi connectivity index (χ4v) is 1.86. The van der Waals surface area contributed by atoms with Crippen molar-refractivity contribution in [1.82, 2.24) is 4.57 Å². The summed E-state index contributed by atoms with van der Waals surface area (Å²) in [6.07, 6.45) is 0. The highest BCUT2D eigenvalue weighted by Crippen LogP contribution is 2.24. The molecule has 1 heterocycles. The van der Waals surface area contributed by atoms with Crippen molar-refractivity contribution in [1.29, 1.82) is 0 Å². The average molecular weight is 205 g/mol. The van der Waals surface area contributed by atoms with E-state index < -0.39 is 0 Å². The molecule has 0 saturated carbocycles. The maximum absolute atomic E-state index is 11.5. The predicted octanol–water partition coefficient (Wildman–Crippen LogP) is 2.74. The summed E-state index contributed by atoms with van der Waals surface area (Å²) in [5.74, 6) is 0.102. The van der Waals surface area contributed by atoms with Crippen molar-refractivity contribution < 1.29 is 4.42 Å². The molecule has 0 aliphatic carbocycles. The molecule has 0 saturated heterocycles. The first-order valence-electron chi connectivity index (χ1n) is 5.27. The van der Waals surface area contributed by atoms with Crippen molar-refractivity contribution in [3.05, 3.63) is 34.3 Å². The molecule has 0 bridgehead atoms. The first kappa shape index (κ1) is 10.0. The van der Waals surface area contributed by atoms with Crippen LogP contribution in [0, 0.1) is 0 Å². The quantitative estimate of drug-likeness (QED) is 0.755. The van der Waals surface area contributed by atoms with E-state index in [1.54, 1.807) is 4.57 Å². The molecule has 0 unspecified atom stereocenters. The number of fused-ring (bicyclic) bond motifs is 1. The van der Waals surface area contributed by atoms with Gasteiger partial charge in [0.15, 0.2) is 5.58 Å². The molecule has 0 amide bonds. The van der Waals surface area contributed by atoms with Crippen LogP contribution in [-0.2, 0) is 6.54 Å². The lowest BCUT2D eigenvalue weighted by molar-refractivity contribution is 0.510. The third-order valence-electron chi connectivity index (χ3n) is 2.66. The molecule has 0 fully saturated rings. The molecule has 15 heavy (non-hydrogen) atoms. The summed E-state index contributed by atoms with van der Waals surface area (Å²) < 4.78 is 6.94. The van der Waals surface area contributed by atoms with Gasteiger partial charge in [-0.2, -0.15) is 0 Å². The minimum atomic E-state index is -0.263. The molecule has 0 spiro atoms. The van der Waals surface area contributed by atoms with Crippen molar-refractivity contribution in [2.24, 2.45) is 0 Å². The summed E-state index contributed by atoms with van der Waals surface area (Å²) >= 11 is 0. The monoisotopic (exact) mass is 205 g/mol. The zero-order valence-corrected chi connectivity index (χ0v) is 9.28. The number of nitrogens with zero attached hydrogens (tertiary/aromatic N) is 1. The second-order valence-electron chi connectivity index (χ2n) is 3.96. The highest BCUT2D eigenvalue weighted by Gasteiger charge is 2.12. The second-order valence-corrected chi connectivity index (χ2v) is 3.96. The minimum absolute atomic E-state index is 0.263. The summed E-state index contributed by atoms with van der Waals surface area (Å²) in [6.45, 7) is 6.78. The van der Waals surface area contributed by atoms with Crippen LogP contribution in [0.25, 0.3) is 11.1 Å². The van der Waals surface area contributed by atoms with Crippen molar-refractivity contribution in [3.63, 3.8) is 0 Å². The fraction of sp³-hybridized carbons (Fsp3) is 0.417. The highest BCUT2D eigenvalue weighted by molar-refractivity contribution is 5.77. The molecule has 2 aromatic rings. The molecule has 0 aliphatic rings. The van der Waals surface area contributed by atoms with Gasteiger partial charge >= 0.3 is 5.76 Å². The van der Waals surface area contributed by atoms with Crippen LogP contribution in [0.4, 0.5) is 0 Å². The average Bonchev–Trinajstić information content (AvgIpc) is 2.52. The summed E-state index contributed by atoms with van der Waals surface area (Å²) in [4.78, 5) is 11.5. The Hall–Kier alpha value is -1.51. The molecule has 0 radical (unpaired) electrons. The van der Waals surface area contributed by atoms with Crippen LogP contribution in [0.2, 0.25) is 0 Å². The molecular formula is C12H15NO2. The standard InChI is InChI=1S/C12H15NO2/c1-4-13-10-7-5-6-9(8(2)3)11(10)15-12(13)14/h5-8H,4H2,1-3H3. The zero-order chi connectivity index (χ0) is 11.0. The van der Waals surface area contributed by atoms with Crippen molar-refractivity contribution >= 4 is 11.1 Å². The summed E-state index contributed by atoms with van der Waals surface area (Å²) in [6, 6.07) is 5.91. The van der Waals surface area contributed by atoms with Crippen molar-refractivity contribution in [2.45, 2.75) is 33.2 Å². The van der Waals surface area contributed by atoms with Gasteiger partial charge in [0.25, 0.3) is 0 Å². The van der Waals surface area contributed by atoms with E-state index in [4.69, 9.17) is 4.42 Å². The maximum Gasteiger partial charge on any atom is 0.419 e. The molecule has 0 N–H and O–H groups in total. The molecule has 80 valence electrons. The SMILES string of the molecule is CCn1c(=O)oc2c(C(C)C)cccc21. The number of para-hydroxylation sites is 1. The molecule has 1 aromatic carbocycles. The van der Waals surface area contributed by atoms with E-state index in [1.807, 2.05) is 25.1 Å². The van der Waals surface area contributed by atoms with Gasteiger partial charge in [-0.3, -0.25) is 4.57 Å². The largest absolute Gasteiger partial charge is 0.419 e. The second kappa shape index (κ2) is 3.57. The van der Waals surface area contributed by atoms with E-state index in [1.165, 1.54) is 0 Å². The Balaban J connectivity index is 2.83. The molecule has 3 nitrogen and oxygen atoms in total. The summed E-state index contributed by atoms with van der Waals surface area (Å²) in [7, 11) is 0. The number of hydrogen-bond donors (Lipinski definition) is 0. The van der Waals surface area contributed by atoms with E-state index in [9.17, 15) is 4.79 Å². The fourth-order valence-electron chi connectivity index (χ4n) is 1.86. The summed E-state index contributed by atoms with van der Waals surface area (Å²) in [5.41, 5.74) is 2.73. The Bertz CT molecular complexity index is 534. The van der Waals surface area contributed by atoms with E-state index in [0.717, 1.165) is 16.7 Å². The third kappa shape index (κ3) is 1.48. The lowest BCUT2D eigenvalue weighted by atomic mass is 10.0. The smallest absolute Gasteiger partial charge is 0.407 e. The lowest BCUT2D eigenvalue weighted by Gasteiger charge is -2.04. The first-order chi connectivity index (χ1) is 7.15. The molecule has 0 aliphatic heterocycles. The van der Waals surface area contributed by atoms with Crippen molar-refractivity contribution in [3.8, 4) is 0 Å². The number of aryl methyl sites for hydroxylation is 1. The molecule has 2 rings (SSSR count). The zero-order valence-electron chi connectivity index (χ0n) is 9.28. The van der Waals surface area contributed by atoms with Gasteiger partial charge in [-0.15, -0.1) is 0 Å². The number of benzene rings is 1. The van der Waals surface area contributed by atoms with E-state index in [2.05, 4.69) is 13.8 Å². The van der Waals surface area contributed by atoms with Crippen LogP contribution < -0.4 is 5.76 Å². The van der Waals surface area contributed by atoms with Gasteiger partial charge in [-0.05, 0) is 24.5 Å². The minimum Gasteiger partial charge on any atom is -0.407 e. The number of aromatic nitrogens is 1. The number of hydrogen-bond acceptors (Lipinski definition) is 2. The topological polar surface area (TPSA) is 35.1 Å². The van der Waals surface area contributed by atoms with Gasteiger partial charge in [0, 0.05) is 6.54 Å². The van der Waals surface area contributed by atoms with Crippen LogP contribution >= 0.6 is 0 Å². The Kier molecular flexibility index (Phi) is 2.39. The van der Waals surface area contributed by atoms with E-state index >= 15 is 0 Å². The maximum atomic E-state index is 11.5. The summed E-state index contributed by atoms with van der Waals surface area (Å²) in [5, 5.41) is 0. The van der Waals surface area contributed by atoms with Crippen LogP contribution in [0.15, 0.2) is 27.4 Å². The van der Waals surface area contributed by atoms with Gasteiger partial charge in [0.1, 0.15) is 0 Å².